The third kappa shape index (κ3) is 5.24. The molecule has 0 aromatic heterocycles. The Balaban J connectivity index is 2.09. The first-order valence-corrected chi connectivity index (χ1v) is 9.45. The Labute approximate surface area is 149 Å². The van der Waals surface area contributed by atoms with Crippen molar-refractivity contribution in [1.82, 2.24) is 5.32 Å². The molecule has 3 N–H and O–H groups in total. The van der Waals surface area contributed by atoms with Gasteiger partial charge in [-0.3, -0.25) is 9.52 Å². The lowest BCUT2D eigenvalue weighted by Gasteiger charge is -2.14. The summed E-state index contributed by atoms with van der Waals surface area (Å²) >= 11 is 0. The number of amides is 1. The maximum absolute atomic E-state index is 13.6. The minimum Gasteiger partial charge on any atom is -0.386 e. The van der Waals surface area contributed by atoms with E-state index in [9.17, 15) is 27.1 Å². The van der Waals surface area contributed by atoms with E-state index in [1.54, 1.807) is 13.0 Å². The monoisotopic (exact) mass is 384 g/mol. The number of rotatable bonds is 6. The number of anilines is 1. The van der Waals surface area contributed by atoms with Gasteiger partial charge in [-0.1, -0.05) is 12.1 Å². The number of halogens is 2. The minimum atomic E-state index is -3.51. The van der Waals surface area contributed by atoms with Crippen LogP contribution < -0.4 is 10.0 Å². The van der Waals surface area contributed by atoms with Crippen LogP contribution in [0.5, 0.6) is 0 Å². The summed E-state index contributed by atoms with van der Waals surface area (Å²) in [6.07, 6.45) is -0.370. The zero-order valence-electron chi connectivity index (χ0n) is 14.1. The Hall–Kier alpha value is -2.52. The normalized spacial score (nSPS) is 12.5. The molecule has 9 heteroatoms. The van der Waals surface area contributed by atoms with Crippen LogP contribution in [0.25, 0.3) is 0 Å². The summed E-state index contributed by atoms with van der Waals surface area (Å²) in [7, 11) is -3.51. The molecule has 2 rings (SSSR count). The van der Waals surface area contributed by atoms with Crippen molar-refractivity contribution in [2.45, 2.75) is 13.0 Å². The SMILES string of the molecule is Cc1ccc(C(=O)NC[C@H](O)c2ccc(F)cc2F)cc1NS(C)(=O)=O. The lowest BCUT2D eigenvalue weighted by Crippen LogP contribution is -2.29. The van der Waals surface area contributed by atoms with E-state index in [-0.39, 0.29) is 23.4 Å². The predicted molar refractivity (Wildman–Crippen MR) is 93.3 cm³/mol. The number of aliphatic hydroxyl groups is 1. The van der Waals surface area contributed by atoms with Gasteiger partial charge in [0.25, 0.3) is 5.91 Å². The molecule has 0 radical (unpaired) electrons. The first-order valence-electron chi connectivity index (χ1n) is 7.56. The summed E-state index contributed by atoms with van der Waals surface area (Å²) in [6.45, 7) is 1.38. The molecule has 1 atom stereocenters. The Morgan fingerprint density at radius 3 is 2.50 bits per heavy atom. The number of nitrogens with one attached hydrogen (secondary N) is 2. The Morgan fingerprint density at radius 2 is 1.88 bits per heavy atom. The summed E-state index contributed by atoms with van der Waals surface area (Å²) in [4.78, 5) is 12.2. The molecule has 2 aromatic rings. The van der Waals surface area contributed by atoms with Crippen LogP contribution in [0.3, 0.4) is 0 Å². The first-order chi connectivity index (χ1) is 12.1. The topological polar surface area (TPSA) is 95.5 Å². The van der Waals surface area contributed by atoms with Gasteiger partial charge in [-0.05, 0) is 30.7 Å². The quantitative estimate of drug-likeness (QED) is 0.711. The van der Waals surface area contributed by atoms with E-state index in [1.165, 1.54) is 12.1 Å². The van der Waals surface area contributed by atoms with Crippen LogP contribution in [0.1, 0.15) is 27.6 Å². The van der Waals surface area contributed by atoms with Crippen molar-refractivity contribution in [2.75, 3.05) is 17.5 Å². The van der Waals surface area contributed by atoms with Gasteiger partial charge in [0.15, 0.2) is 0 Å². The zero-order valence-corrected chi connectivity index (χ0v) is 14.9. The largest absolute Gasteiger partial charge is 0.386 e. The van der Waals surface area contributed by atoms with Gasteiger partial charge in [0.05, 0.1) is 18.0 Å². The number of aryl methyl sites for hydroxylation is 1. The smallest absolute Gasteiger partial charge is 0.251 e. The summed E-state index contributed by atoms with van der Waals surface area (Å²) in [5, 5.41) is 12.4. The van der Waals surface area contributed by atoms with Gasteiger partial charge in [-0.25, -0.2) is 17.2 Å². The van der Waals surface area contributed by atoms with Crippen molar-refractivity contribution >= 4 is 21.6 Å². The summed E-state index contributed by atoms with van der Waals surface area (Å²) in [5.74, 6) is -2.27. The number of sulfonamides is 1. The standard InChI is InChI=1S/C17H18F2N2O4S/c1-10-3-4-11(7-15(10)21-26(2,24)25)17(23)20-9-16(22)13-6-5-12(18)8-14(13)19/h3-8,16,21-22H,9H2,1-2H3,(H,20,23)/t16-/m0/s1. The van der Waals surface area contributed by atoms with E-state index in [1.807, 2.05) is 0 Å². The molecule has 0 aliphatic carbocycles. The molecule has 140 valence electrons. The van der Waals surface area contributed by atoms with Gasteiger partial charge in [0.1, 0.15) is 11.6 Å². The van der Waals surface area contributed by atoms with Crippen molar-refractivity contribution in [3.05, 3.63) is 64.7 Å². The van der Waals surface area contributed by atoms with E-state index >= 15 is 0 Å². The summed E-state index contributed by atoms with van der Waals surface area (Å²) < 4.78 is 51.5. The molecule has 26 heavy (non-hydrogen) atoms. The molecule has 0 heterocycles. The fourth-order valence-corrected chi connectivity index (χ4v) is 2.87. The third-order valence-corrected chi connectivity index (χ3v) is 4.16. The Kier molecular flexibility index (Phi) is 5.94. The number of benzene rings is 2. The molecule has 2 aromatic carbocycles. The number of hydrogen-bond donors (Lipinski definition) is 3. The van der Waals surface area contributed by atoms with Crippen molar-refractivity contribution in [3.8, 4) is 0 Å². The maximum Gasteiger partial charge on any atom is 0.251 e. The maximum atomic E-state index is 13.6. The van der Waals surface area contributed by atoms with Crippen molar-refractivity contribution in [2.24, 2.45) is 0 Å². The van der Waals surface area contributed by atoms with Crippen molar-refractivity contribution in [1.29, 1.82) is 0 Å². The first kappa shape index (κ1) is 19.8. The highest BCUT2D eigenvalue weighted by Gasteiger charge is 2.16. The van der Waals surface area contributed by atoms with E-state index in [2.05, 4.69) is 10.0 Å². The second kappa shape index (κ2) is 7.79. The average Bonchev–Trinajstić information content (AvgIpc) is 2.53. The fourth-order valence-electron chi connectivity index (χ4n) is 2.25. The number of carbonyl (C=O) groups excluding carboxylic acids is 1. The van der Waals surface area contributed by atoms with Crippen LogP contribution >= 0.6 is 0 Å². The van der Waals surface area contributed by atoms with Gasteiger partial charge in [-0.15, -0.1) is 0 Å². The molecule has 6 nitrogen and oxygen atoms in total. The second-order valence-corrected chi connectivity index (χ2v) is 7.54. The van der Waals surface area contributed by atoms with E-state index in [0.717, 1.165) is 18.4 Å². The highest BCUT2D eigenvalue weighted by Crippen LogP contribution is 2.19. The van der Waals surface area contributed by atoms with Crippen LogP contribution in [-0.2, 0) is 10.0 Å². The second-order valence-electron chi connectivity index (χ2n) is 5.80. The number of aliphatic hydroxyl groups excluding tert-OH is 1. The number of hydrogen-bond acceptors (Lipinski definition) is 4. The van der Waals surface area contributed by atoms with E-state index in [4.69, 9.17) is 0 Å². The third-order valence-electron chi connectivity index (χ3n) is 3.57. The molecule has 0 saturated carbocycles. The molecule has 0 bridgehead atoms. The van der Waals surface area contributed by atoms with Crippen LogP contribution in [-0.4, -0.2) is 32.2 Å². The van der Waals surface area contributed by atoms with E-state index in [0.29, 0.717) is 11.6 Å². The molecule has 0 aliphatic rings. The zero-order chi connectivity index (χ0) is 19.5. The Bertz CT molecular complexity index is 932. The van der Waals surface area contributed by atoms with Crippen LogP contribution in [0, 0.1) is 18.6 Å². The molecular weight excluding hydrogens is 366 g/mol. The van der Waals surface area contributed by atoms with Crippen molar-refractivity contribution in [3.63, 3.8) is 0 Å². The number of carbonyl (C=O) groups is 1. The van der Waals surface area contributed by atoms with E-state index < -0.39 is 33.7 Å². The van der Waals surface area contributed by atoms with Gasteiger partial charge in [0.2, 0.25) is 10.0 Å². The van der Waals surface area contributed by atoms with Crippen LogP contribution in [0.15, 0.2) is 36.4 Å². The Morgan fingerprint density at radius 1 is 1.19 bits per heavy atom. The lowest BCUT2D eigenvalue weighted by atomic mass is 10.1. The molecule has 1 amide bonds. The highest BCUT2D eigenvalue weighted by atomic mass is 32.2. The van der Waals surface area contributed by atoms with Crippen molar-refractivity contribution < 1.29 is 27.1 Å². The van der Waals surface area contributed by atoms with Crippen LogP contribution in [0.4, 0.5) is 14.5 Å². The summed E-state index contributed by atoms with van der Waals surface area (Å²) in [6, 6.07) is 7.16. The van der Waals surface area contributed by atoms with Gasteiger partial charge >= 0.3 is 0 Å². The highest BCUT2D eigenvalue weighted by molar-refractivity contribution is 7.92. The average molecular weight is 384 g/mol. The molecule has 0 aliphatic heterocycles. The van der Waals surface area contributed by atoms with Gasteiger partial charge < -0.3 is 10.4 Å². The summed E-state index contributed by atoms with van der Waals surface area (Å²) in [5.41, 5.74) is 0.897. The minimum absolute atomic E-state index is 0.143. The predicted octanol–water partition coefficient (Wildman–Crippen LogP) is 2.11. The molecule has 0 unspecified atom stereocenters. The van der Waals surface area contributed by atoms with Crippen LogP contribution in [0.2, 0.25) is 0 Å². The van der Waals surface area contributed by atoms with Gasteiger partial charge in [-0.2, -0.15) is 0 Å². The van der Waals surface area contributed by atoms with Gasteiger partial charge in [0, 0.05) is 23.7 Å². The molecule has 0 fully saturated rings. The fraction of sp³-hybridized carbons (Fsp3) is 0.235. The molecule has 0 spiro atoms. The molecular formula is C17H18F2N2O4S. The lowest BCUT2D eigenvalue weighted by molar-refractivity contribution is 0.0914. The molecule has 0 saturated heterocycles.